The van der Waals surface area contributed by atoms with Gasteiger partial charge in [0.1, 0.15) is 5.60 Å². The van der Waals surface area contributed by atoms with E-state index in [1.165, 1.54) is 6.26 Å². The molecule has 1 aliphatic rings. The molecule has 1 aromatic carbocycles. The van der Waals surface area contributed by atoms with E-state index < -0.39 is 5.60 Å². The van der Waals surface area contributed by atoms with Crippen LogP contribution in [0.2, 0.25) is 0 Å². The maximum atomic E-state index is 12.6. The highest BCUT2D eigenvalue weighted by Gasteiger charge is 2.42. The Labute approximate surface area is 133 Å². The van der Waals surface area contributed by atoms with Crippen molar-refractivity contribution >= 4 is 11.8 Å². The van der Waals surface area contributed by atoms with E-state index in [2.05, 4.69) is 0 Å². The number of furan rings is 1. The lowest BCUT2D eigenvalue weighted by atomic mass is 9.76. The fourth-order valence-corrected chi connectivity index (χ4v) is 3.11. The summed E-state index contributed by atoms with van der Waals surface area (Å²) < 4.78 is 10.3. The molecular formula is C18H18O5. The normalized spacial score (nSPS) is 19.2. The molecule has 3 rings (SSSR count). The molecule has 1 N–H and O–H groups in total. The number of hydrogen-bond acceptors (Lipinski definition) is 5. The van der Waals surface area contributed by atoms with Crippen molar-refractivity contribution in [3.05, 3.63) is 58.5 Å². The van der Waals surface area contributed by atoms with Crippen molar-refractivity contribution < 1.29 is 23.8 Å². The molecule has 0 fully saturated rings. The van der Waals surface area contributed by atoms with E-state index in [9.17, 15) is 14.7 Å². The standard InChI is InChI=1S/C18H18O5/c1-3-22-14(19)9-8-11-10-23-17-15(11)18(2,21)13-7-5-4-6-12(13)16(17)20/h4-7,10,21H,3,8-9H2,1-2H3. The van der Waals surface area contributed by atoms with Gasteiger partial charge in [0.2, 0.25) is 5.78 Å². The van der Waals surface area contributed by atoms with Gasteiger partial charge in [0.25, 0.3) is 0 Å². The molecule has 0 aliphatic heterocycles. The second-order valence-corrected chi connectivity index (χ2v) is 5.72. The number of aliphatic hydroxyl groups is 1. The molecule has 1 heterocycles. The van der Waals surface area contributed by atoms with Crippen molar-refractivity contribution in [3.8, 4) is 0 Å². The number of carbonyl (C=O) groups is 2. The molecular weight excluding hydrogens is 296 g/mol. The number of aryl methyl sites for hydroxylation is 1. The molecule has 0 amide bonds. The lowest BCUT2D eigenvalue weighted by Gasteiger charge is -2.30. The molecule has 0 saturated heterocycles. The van der Waals surface area contributed by atoms with Gasteiger partial charge in [-0.05, 0) is 31.4 Å². The molecule has 1 unspecified atom stereocenters. The minimum atomic E-state index is -1.34. The third-order valence-corrected chi connectivity index (χ3v) is 4.16. The zero-order valence-electron chi connectivity index (χ0n) is 13.1. The average molecular weight is 314 g/mol. The highest BCUT2D eigenvalue weighted by molar-refractivity contribution is 6.11. The maximum Gasteiger partial charge on any atom is 0.306 e. The number of hydrogen-bond donors (Lipinski definition) is 1. The number of ketones is 1. The van der Waals surface area contributed by atoms with Gasteiger partial charge in [0.15, 0.2) is 5.76 Å². The Morgan fingerprint density at radius 1 is 1.35 bits per heavy atom. The van der Waals surface area contributed by atoms with Crippen LogP contribution < -0.4 is 0 Å². The van der Waals surface area contributed by atoms with Gasteiger partial charge in [-0.15, -0.1) is 0 Å². The van der Waals surface area contributed by atoms with Crippen LogP contribution >= 0.6 is 0 Å². The Morgan fingerprint density at radius 3 is 2.83 bits per heavy atom. The van der Waals surface area contributed by atoms with Crippen LogP contribution in [-0.2, 0) is 21.6 Å². The van der Waals surface area contributed by atoms with Gasteiger partial charge in [-0.25, -0.2) is 0 Å². The predicted molar refractivity (Wildman–Crippen MR) is 82.2 cm³/mol. The summed E-state index contributed by atoms with van der Waals surface area (Å²) in [5, 5.41) is 11.0. The molecule has 23 heavy (non-hydrogen) atoms. The highest BCUT2D eigenvalue weighted by atomic mass is 16.5. The van der Waals surface area contributed by atoms with Crippen LogP contribution in [-0.4, -0.2) is 23.5 Å². The van der Waals surface area contributed by atoms with Crippen LogP contribution in [0.3, 0.4) is 0 Å². The number of esters is 1. The monoisotopic (exact) mass is 314 g/mol. The molecule has 120 valence electrons. The molecule has 0 spiro atoms. The lowest BCUT2D eigenvalue weighted by molar-refractivity contribution is -0.143. The van der Waals surface area contributed by atoms with Crippen molar-refractivity contribution in [1.82, 2.24) is 0 Å². The zero-order chi connectivity index (χ0) is 16.6. The third-order valence-electron chi connectivity index (χ3n) is 4.16. The maximum absolute atomic E-state index is 12.6. The van der Waals surface area contributed by atoms with Crippen LogP contribution in [0.25, 0.3) is 0 Å². The average Bonchev–Trinajstić information content (AvgIpc) is 2.97. The van der Waals surface area contributed by atoms with Gasteiger partial charge in [-0.1, -0.05) is 24.3 Å². The van der Waals surface area contributed by atoms with E-state index >= 15 is 0 Å². The first kappa shape index (κ1) is 15.5. The van der Waals surface area contributed by atoms with Crippen LogP contribution in [0.15, 0.2) is 34.9 Å². The third kappa shape index (κ3) is 2.47. The summed E-state index contributed by atoms with van der Waals surface area (Å²) in [5.74, 6) is -0.415. The van der Waals surface area contributed by atoms with E-state index in [1.807, 2.05) is 0 Å². The van der Waals surface area contributed by atoms with Crippen LogP contribution in [0.4, 0.5) is 0 Å². The Bertz CT molecular complexity index is 769. The molecule has 2 aromatic rings. The van der Waals surface area contributed by atoms with E-state index in [1.54, 1.807) is 38.1 Å². The summed E-state index contributed by atoms with van der Waals surface area (Å²) in [6.45, 7) is 3.71. The van der Waals surface area contributed by atoms with Gasteiger partial charge in [0.05, 0.1) is 12.9 Å². The summed E-state index contributed by atoms with van der Waals surface area (Å²) in [6, 6.07) is 6.94. The fraction of sp³-hybridized carbons (Fsp3) is 0.333. The van der Waals surface area contributed by atoms with Crippen molar-refractivity contribution in [2.45, 2.75) is 32.3 Å². The van der Waals surface area contributed by atoms with Crippen molar-refractivity contribution in [2.75, 3.05) is 6.61 Å². The first-order valence-electron chi connectivity index (χ1n) is 7.59. The second-order valence-electron chi connectivity index (χ2n) is 5.72. The molecule has 1 atom stereocenters. The van der Waals surface area contributed by atoms with Crippen LogP contribution in [0.1, 0.15) is 53.1 Å². The van der Waals surface area contributed by atoms with Crippen molar-refractivity contribution in [1.29, 1.82) is 0 Å². The Kier molecular flexibility index (Phi) is 3.82. The fourth-order valence-electron chi connectivity index (χ4n) is 3.11. The van der Waals surface area contributed by atoms with Gasteiger partial charge in [-0.3, -0.25) is 9.59 Å². The van der Waals surface area contributed by atoms with Gasteiger partial charge in [-0.2, -0.15) is 0 Å². The van der Waals surface area contributed by atoms with E-state index in [4.69, 9.17) is 9.15 Å². The molecule has 5 heteroatoms. The summed E-state index contributed by atoms with van der Waals surface area (Å²) in [5.41, 5.74) is 0.760. The van der Waals surface area contributed by atoms with E-state index in [-0.39, 0.29) is 23.9 Å². The quantitative estimate of drug-likeness (QED) is 0.878. The Balaban J connectivity index is 1.99. The number of benzene rings is 1. The smallest absolute Gasteiger partial charge is 0.306 e. The zero-order valence-corrected chi connectivity index (χ0v) is 13.1. The molecule has 5 nitrogen and oxygen atoms in total. The first-order valence-corrected chi connectivity index (χ1v) is 7.59. The first-order chi connectivity index (χ1) is 11.0. The number of rotatable bonds is 4. The number of fused-ring (bicyclic) bond motifs is 2. The molecule has 0 saturated carbocycles. The lowest BCUT2D eigenvalue weighted by Crippen LogP contribution is -2.32. The molecule has 1 aliphatic carbocycles. The predicted octanol–water partition coefficient (Wildman–Crippen LogP) is 2.58. The number of ether oxygens (including phenoxy) is 1. The van der Waals surface area contributed by atoms with Gasteiger partial charge >= 0.3 is 5.97 Å². The van der Waals surface area contributed by atoms with Crippen molar-refractivity contribution in [2.24, 2.45) is 0 Å². The van der Waals surface area contributed by atoms with E-state index in [0.717, 1.165) is 0 Å². The minimum absolute atomic E-state index is 0.146. The van der Waals surface area contributed by atoms with Gasteiger partial charge in [0, 0.05) is 17.5 Å². The topological polar surface area (TPSA) is 76.7 Å². The summed E-state index contributed by atoms with van der Waals surface area (Å²) >= 11 is 0. The summed E-state index contributed by atoms with van der Waals surface area (Å²) in [6.07, 6.45) is 1.97. The largest absolute Gasteiger partial charge is 0.466 e. The van der Waals surface area contributed by atoms with E-state index in [0.29, 0.717) is 35.3 Å². The Morgan fingerprint density at radius 2 is 2.09 bits per heavy atom. The molecule has 0 radical (unpaired) electrons. The highest BCUT2D eigenvalue weighted by Crippen LogP contribution is 2.42. The molecule has 0 bridgehead atoms. The summed E-state index contributed by atoms with van der Waals surface area (Å²) in [7, 11) is 0. The second kappa shape index (κ2) is 5.66. The minimum Gasteiger partial charge on any atom is -0.466 e. The number of carbonyl (C=O) groups excluding carboxylic acids is 2. The SMILES string of the molecule is CCOC(=O)CCc1coc2c1C(C)(O)c1ccccc1C2=O. The van der Waals surface area contributed by atoms with Gasteiger partial charge < -0.3 is 14.3 Å². The van der Waals surface area contributed by atoms with Crippen LogP contribution in [0.5, 0.6) is 0 Å². The molecule has 1 aromatic heterocycles. The summed E-state index contributed by atoms with van der Waals surface area (Å²) in [4.78, 5) is 24.1. The van der Waals surface area contributed by atoms with Crippen LogP contribution in [0, 0.1) is 0 Å². The van der Waals surface area contributed by atoms with Crippen molar-refractivity contribution in [3.63, 3.8) is 0 Å². The Hall–Kier alpha value is -2.40.